The van der Waals surface area contributed by atoms with Crippen LogP contribution in [0.1, 0.15) is 123 Å². The van der Waals surface area contributed by atoms with Gasteiger partial charge in [-0.3, -0.25) is 4.79 Å². The van der Waals surface area contributed by atoms with Crippen LogP contribution >= 0.6 is 0 Å². The van der Waals surface area contributed by atoms with Crippen molar-refractivity contribution >= 4 is 18.2 Å². The minimum absolute atomic E-state index is 0.136. The van der Waals surface area contributed by atoms with Gasteiger partial charge < -0.3 is 44.8 Å². The van der Waals surface area contributed by atoms with Crippen LogP contribution in [0, 0.1) is 55.7 Å². The largest absolute Gasteiger partial charge is 0.481 e. The fourth-order valence-electron chi connectivity index (χ4n) is 15.4. The second-order valence-corrected chi connectivity index (χ2v) is 20.8. The molecule has 1 aromatic heterocycles. The van der Waals surface area contributed by atoms with Crippen LogP contribution in [0.2, 0.25) is 0 Å². The number of aliphatic carboxylic acids is 2. The summed E-state index contributed by atoms with van der Waals surface area (Å²) in [5.74, 6) is -2.38. The Balaban J connectivity index is 1.21. The molecule has 7 aliphatic rings. The number of allylic oxidation sites excluding steroid dienone is 4. The number of hydrogen-bond acceptors (Lipinski definition) is 8. The lowest BCUT2D eigenvalue weighted by Gasteiger charge is -2.74. The number of aliphatic hydroxyl groups is 3. The normalized spacial score (nSPS) is 48.4. The highest BCUT2D eigenvalue weighted by atomic mass is 16.7. The van der Waals surface area contributed by atoms with E-state index in [9.17, 15) is 39.9 Å². The van der Waals surface area contributed by atoms with E-state index in [0.717, 1.165) is 64.1 Å². The first-order valence-corrected chi connectivity index (χ1v) is 21.6. The second kappa shape index (κ2) is 13.6. The number of carbonyl (C=O) groups is 3. The molecule has 4 saturated carbocycles. The Bertz CT molecular complexity index is 1850. The molecule has 11 nitrogen and oxygen atoms in total. The molecule has 5 fully saturated rings. The van der Waals surface area contributed by atoms with E-state index >= 15 is 0 Å². The molecule has 0 radical (unpaired) electrons. The highest BCUT2D eigenvalue weighted by molar-refractivity contribution is 5.83. The van der Waals surface area contributed by atoms with Crippen molar-refractivity contribution in [3.63, 3.8) is 0 Å². The molecular weight excluding hydrogens is 727 g/mol. The number of carboxylic acid groups (broad SMARTS) is 2. The molecule has 8 rings (SSSR count). The number of rotatable bonds is 9. The highest BCUT2D eigenvalue weighted by Gasteiger charge is 2.76. The maximum Gasteiger partial charge on any atom is 0.335 e. The molecule has 1 aliphatic heterocycles. The summed E-state index contributed by atoms with van der Waals surface area (Å²) >= 11 is 0. The van der Waals surface area contributed by atoms with Crippen LogP contribution < -0.4 is 0 Å². The van der Waals surface area contributed by atoms with Gasteiger partial charge in [0.25, 0.3) is 0 Å². The van der Waals surface area contributed by atoms with Crippen molar-refractivity contribution in [1.29, 1.82) is 0 Å². The third-order valence-corrected chi connectivity index (χ3v) is 18.3. The van der Waals surface area contributed by atoms with E-state index in [1.54, 1.807) is 0 Å². The topological polar surface area (TPSA) is 187 Å². The lowest BCUT2D eigenvalue weighted by atomic mass is 9.29. The average Bonchev–Trinajstić information content (AvgIpc) is 3.62. The Morgan fingerprint density at radius 3 is 2.37 bits per heavy atom. The molecule has 1 saturated heterocycles. The molecule has 6 N–H and O–H groups in total. The van der Waals surface area contributed by atoms with Gasteiger partial charge in [-0.05, 0) is 134 Å². The zero-order valence-corrected chi connectivity index (χ0v) is 34.6. The summed E-state index contributed by atoms with van der Waals surface area (Å²) in [5, 5.41) is 53.0. The van der Waals surface area contributed by atoms with Crippen molar-refractivity contribution in [2.24, 2.45) is 55.7 Å². The summed E-state index contributed by atoms with van der Waals surface area (Å²) in [5.41, 5.74) is 0.772. The maximum atomic E-state index is 13.7. The molecule has 0 aromatic carbocycles. The summed E-state index contributed by atoms with van der Waals surface area (Å²) < 4.78 is 12.2. The fourth-order valence-corrected chi connectivity index (χ4v) is 15.4. The Kier molecular flexibility index (Phi) is 9.76. The Labute approximate surface area is 336 Å². The summed E-state index contributed by atoms with van der Waals surface area (Å²) in [4.78, 5) is 42.0. The molecule has 57 heavy (non-hydrogen) atoms. The van der Waals surface area contributed by atoms with Gasteiger partial charge in [0.15, 0.2) is 12.4 Å². The van der Waals surface area contributed by atoms with Gasteiger partial charge in [-0.2, -0.15) is 0 Å². The van der Waals surface area contributed by atoms with Gasteiger partial charge in [0.05, 0.1) is 11.5 Å². The molecule has 1 spiro atoms. The predicted octanol–water partition coefficient (Wildman–Crippen LogP) is 6.39. The van der Waals surface area contributed by atoms with Crippen LogP contribution in [0.15, 0.2) is 36.2 Å². The third-order valence-electron chi connectivity index (χ3n) is 18.3. The lowest BCUT2D eigenvalue weighted by molar-refractivity contribution is -0.325. The first kappa shape index (κ1) is 40.9. The van der Waals surface area contributed by atoms with Crippen molar-refractivity contribution in [2.75, 3.05) is 0 Å². The number of nitrogens with one attached hydrogen (secondary N) is 1. The molecule has 1 aromatic rings. The Morgan fingerprint density at radius 1 is 0.947 bits per heavy atom. The summed E-state index contributed by atoms with van der Waals surface area (Å²) in [6, 6.07) is 0. The van der Waals surface area contributed by atoms with Crippen molar-refractivity contribution in [3.8, 4) is 0 Å². The van der Waals surface area contributed by atoms with E-state index < -0.39 is 70.9 Å². The predicted molar refractivity (Wildman–Crippen MR) is 211 cm³/mol. The molecule has 0 amide bonds. The minimum Gasteiger partial charge on any atom is -0.481 e. The number of aliphatic hydroxyl groups excluding tert-OH is 3. The van der Waals surface area contributed by atoms with Crippen LogP contribution in [0.5, 0.6) is 0 Å². The third kappa shape index (κ3) is 5.43. The quantitative estimate of drug-likeness (QED) is 0.0930. The number of fused-ring (bicyclic) bond motifs is 6. The van der Waals surface area contributed by atoms with Crippen molar-refractivity contribution < 1.29 is 49.4 Å². The Hall–Kier alpha value is -2.83. The van der Waals surface area contributed by atoms with Crippen molar-refractivity contribution in [2.45, 2.75) is 162 Å². The number of ether oxygens (including phenoxy) is 2. The van der Waals surface area contributed by atoms with Crippen LogP contribution in [-0.2, 0) is 36.7 Å². The van der Waals surface area contributed by atoms with E-state index in [1.165, 1.54) is 16.7 Å². The number of aromatic nitrogens is 1. The number of aryl methyl sites for hydroxylation is 2. The van der Waals surface area contributed by atoms with E-state index in [1.807, 2.05) is 0 Å². The molecule has 314 valence electrons. The van der Waals surface area contributed by atoms with Crippen LogP contribution in [-0.4, -0.2) is 85.6 Å². The molecule has 2 heterocycles. The number of aromatic amines is 1. The lowest BCUT2D eigenvalue weighted by Crippen LogP contribution is -2.70. The van der Waals surface area contributed by atoms with Crippen LogP contribution in [0.25, 0.3) is 0 Å². The number of carbonyl (C=O) groups excluding carboxylic acids is 1. The van der Waals surface area contributed by atoms with Crippen LogP contribution in [0.3, 0.4) is 0 Å². The fraction of sp³-hybridized carbons (Fsp3) is 0.761. The van der Waals surface area contributed by atoms with Gasteiger partial charge in [-0.25, -0.2) is 4.79 Å². The summed E-state index contributed by atoms with van der Waals surface area (Å²) in [6.07, 6.45) is 13.7. The van der Waals surface area contributed by atoms with Gasteiger partial charge in [-0.15, -0.1) is 0 Å². The van der Waals surface area contributed by atoms with E-state index in [-0.39, 0.29) is 33.5 Å². The number of carboxylic acids is 2. The van der Waals surface area contributed by atoms with Gasteiger partial charge in [-0.1, -0.05) is 65.3 Å². The molecule has 2 bridgehead atoms. The zero-order valence-electron chi connectivity index (χ0n) is 34.6. The molecule has 6 aliphatic carbocycles. The summed E-state index contributed by atoms with van der Waals surface area (Å²) in [6.45, 7) is 13.8. The average molecular weight is 792 g/mol. The second-order valence-electron chi connectivity index (χ2n) is 20.8. The molecule has 15 atom stereocenters. The molecular formula is C46H65NO10. The Morgan fingerprint density at radius 2 is 1.68 bits per heavy atom. The van der Waals surface area contributed by atoms with Gasteiger partial charge in [0, 0.05) is 23.7 Å². The smallest absolute Gasteiger partial charge is 0.335 e. The van der Waals surface area contributed by atoms with Crippen LogP contribution in [0.4, 0.5) is 0 Å². The minimum atomic E-state index is -1.79. The van der Waals surface area contributed by atoms with Crippen molar-refractivity contribution in [3.05, 3.63) is 47.3 Å². The molecule has 11 heteroatoms. The first-order valence-electron chi connectivity index (χ1n) is 21.6. The zero-order chi connectivity index (χ0) is 41.1. The highest BCUT2D eigenvalue weighted by Crippen LogP contribution is 2.80. The number of aldehydes is 1. The summed E-state index contributed by atoms with van der Waals surface area (Å²) in [7, 11) is 0. The van der Waals surface area contributed by atoms with E-state index in [0.29, 0.717) is 25.7 Å². The van der Waals surface area contributed by atoms with E-state index in [2.05, 4.69) is 77.1 Å². The maximum absolute atomic E-state index is 13.7. The molecule has 0 unspecified atom stereocenters. The van der Waals surface area contributed by atoms with Crippen molar-refractivity contribution in [1.82, 2.24) is 4.98 Å². The number of H-pyrrole nitrogens is 1. The standard InChI is InChI=1S/C46H65NO10/c1-7-26-22-47-23-27(26)11-17-44-18-13-32(56-38-35(51)33(49)34(50)36(57-38)37(52)53)40(2,3)29(44)12-16-42(5)30(44)9-10-31-43(42,6)19-20-46(39(54)55)28(24-48)21-41(4)14-8-15-45(31,46)25-41/h8,10,15,22-24,28-30,32-36,38,47,49-51H,7,9,11-14,16-21,25H2,1-6H3,(H,52,53)(H,54,55)/t28-,29+,30+,32+,33+,34+,35-,36+,38-,41+,42-,43-,44+,45+,46+/m1/s1. The number of hydrogen-bond donors (Lipinski definition) is 6. The van der Waals surface area contributed by atoms with E-state index in [4.69, 9.17) is 9.47 Å². The first-order chi connectivity index (χ1) is 26.8. The monoisotopic (exact) mass is 791 g/mol. The SMILES string of the molecule is CCc1c[nH]cc1CC[C@]12CC[C@H](O[C@@H]3O[C@H](C(=O)O)[C@@H](O)[C@H](O)[C@H]3O)C(C)(C)[C@@H]1CC[C@]1(C)[C@@H]2CC=C2[C@@]34C=CC[C@@](C)(C[C@H](C=O)[C@]3(C(=O)O)CC[C@]21C)C4. The van der Waals surface area contributed by atoms with Gasteiger partial charge >= 0.3 is 11.9 Å². The van der Waals surface area contributed by atoms with Gasteiger partial charge in [0.1, 0.15) is 24.6 Å². The van der Waals surface area contributed by atoms with Gasteiger partial charge in [0.2, 0.25) is 0 Å².